The number of hydrogen-bond acceptors (Lipinski definition) is 3. The van der Waals surface area contributed by atoms with Crippen molar-refractivity contribution in [1.82, 2.24) is 4.98 Å². The monoisotopic (exact) mass is 199 g/mol. The minimum Gasteiger partial charge on any atom is -0.395 e. The number of aliphatic hydroxyl groups excluding tert-OH is 1. The smallest absolute Gasteiger partial charge is 0.101 e. The molecule has 1 rings (SSSR count). The predicted octanol–water partition coefficient (Wildman–Crippen LogP) is 2.28. The minimum absolute atomic E-state index is 0.156. The summed E-state index contributed by atoms with van der Waals surface area (Å²) >= 11 is 1.70. The van der Waals surface area contributed by atoms with Gasteiger partial charge in [0.15, 0.2) is 0 Å². The molecule has 0 spiro atoms. The highest BCUT2D eigenvalue weighted by atomic mass is 32.1. The van der Waals surface area contributed by atoms with Crippen LogP contribution in [0.25, 0.3) is 0 Å². The van der Waals surface area contributed by atoms with Crippen molar-refractivity contribution in [1.29, 1.82) is 0 Å². The van der Waals surface area contributed by atoms with Crippen LogP contribution in [0.1, 0.15) is 36.3 Å². The highest BCUT2D eigenvalue weighted by molar-refractivity contribution is 7.11. The lowest BCUT2D eigenvalue weighted by molar-refractivity contribution is 0.218. The van der Waals surface area contributed by atoms with Crippen molar-refractivity contribution >= 4 is 11.3 Å². The molecule has 1 aromatic heterocycles. The van der Waals surface area contributed by atoms with Crippen LogP contribution >= 0.6 is 11.3 Å². The first-order valence-corrected chi connectivity index (χ1v) is 5.40. The fourth-order valence-electron chi connectivity index (χ4n) is 1.11. The third-order valence-electron chi connectivity index (χ3n) is 2.20. The summed E-state index contributed by atoms with van der Waals surface area (Å²) in [6.45, 7) is 8.39. The van der Waals surface area contributed by atoms with Crippen molar-refractivity contribution in [3.63, 3.8) is 0 Å². The number of hydrogen-bond donors (Lipinski definition) is 1. The summed E-state index contributed by atoms with van der Waals surface area (Å²) in [5.41, 5.74) is 0.976. The third-order valence-corrected chi connectivity index (χ3v) is 3.58. The van der Waals surface area contributed by atoms with Crippen LogP contribution in [-0.2, 0) is 11.8 Å². The van der Waals surface area contributed by atoms with Crippen molar-refractivity contribution in [2.75, 3.05) is 6.61 Å². The van der Waals surface area contributed by atoms with E-state index in [9.17, 15) is 5.11 Å². The van der Waals surface area contributed by atoms with Gasteiger partial charge in [0.1, 0.15) is 5.01 Å². The van der Waals surface area contributed by atoms with E-state index in [1.54, 1.807) is 11.3 Å². The van der Waals surface area contributed by atoms with Gasteiger partial charge in [-0.2, -0.15) is 0 Å². The Bertz CT molecular complexity index is 291. The maximum atomic E-state index is 9.19. The van der Waals surface area contributed by atoms with Crippen molar-refractivity contribution < 1.29 is 5.11 Å². The molecule has 0 atom stereocenters. The lowest BCUT2D eigenvalue weighted by Crippen LogP contribution is -2.21. The van der Waals surface area contributed by atoms with E-state index in [1.165, 1.54) is 10.6 Å². The van der Waals surface area contributed by atoms with E-state index >= 15 is 0 Å². The number of aromatic nitrogens is 1. The van der Waals surface area contributed by atoms with Gasteiger partial charge in [-0.1, -0.05) is 20.8 Å². The topological polar surface area (TPSA) is 33.1 Å². The van der Waals surface area contributed by atoms with Gasteiger partial charge in [0.25, 0.3) is 0 Å². The number of rotatable bonds is 3. The quantitative estimate of drug-likeness (QED) is 0.810. The van der Waals surface area contributed by atoms with Gasteiger partial charge in [-0.15, -0.1) is 11.3 Å². The Balaban J connectivity index is 3.03. The molecule has 13 heavy (non-hydrogen) atoms. The van der Waals surface area contributed by atoms with E-state index in [1.807, 2.05) is 13.8 Å². The standard InChI is InChI=1S/C10H17NOS/c1-5-8-7(2)13-9(11-8)10(3,4)6-12/h12H,5-6H2,1-4H3. The lowest BCUT2D eigenvalue weighted by atomic mass is 9.96. The molecule has 1 heterocycles. The average Bonchev–Trinajstić information content (AvgIpc) is 2.47. The maximum absolute atomic E-state index is 9.19. The molecule has 0 radical (unpaired) electrons. The van der Waals surface area contributed by atoms with Crippen LogP contribution in [0.4, 0.5) is 0 Å². The summed E-state index contributed by atoms with van der Waals surface area (Å²) in [5, 5.41) is 10.2. The molecule has 0 saturated heterocycles. The molecule has 0 aliphatic rings. The SMILES string of the molecule is CCc1nc(C(C)(C)CO)sc1C. The summed E-state index contributed by atoms with van der Waals surface area (Å²) < 4.78 is 0. The molecule has 3 heteroatoms. The number of aliphatic hydroxyl groups is 1. The van der Waals surface area contributed by atoms with Gasteiger partial charge < -0.3 is 5.11 Å². The van der Waals surface area contributed by atoms with Gasteiger partial charge >= 0.3 is 0 Å². The maximum Gasteiger partial charge on any atom is 0.101 e. The van der Waals surface area contributed by atoms with Crippen molar-refractivity contribution in [2.24, 2.45) is 0 Å². The van der Waals surface area contributed by atoms with E-state index in [2.05, 4.69) is 18.8 Å². The van der Waals surface area contributed by atoms with Crippen LogP contribution in [0.2, 0.25) is 0 Å². The van der Waals surface area contributed by atoms with Crippen LogP contribution in [0, 0.1) is 6.92 Å². The van der Waals surface area contributed by atoms with Crippen LogP contribution in [0.5, 0.6) is 0 Å². The van der Waals surface area contributed by atoms with E-state index < -0.39 is 0 Å². The second kappa shape index (κ2) is 3.76. The number of thiazole rings is 1. The molecule has 0 aliphatic carbocycles. The Hall–Kier alpha value is -0.410. The van der Waals surface area contributed by atoms with Crippen LogP contribution in [-0.4, -0.2) is 16.7 Å². The van der Waals surface area contributed by atoms with Gasteiger partial charge in [0, 0.05) is 10.3 Å². The van der Waals surface area contributed by atoms with Crippen LogP contribution < -0.4 is 0 Å². The van der Waals surface area contributed by atoms with E-state index in [-0.39, 0.29) is 12.0 Å². The average molecular weight is 199 g/mol. The molecule has 74 valence electrons. The highest BCUT2D eigenvalue weighted by Gasteiger charge is 2.24. The Labute approximate surface area is 83.6 Å². The molecule has 2 nitrogen and oxygen atoms in total. The van der Waals surface area contributed by atoms with E-state index in [0.717, 1.165) is 11.4 Å². The second-order valence-electron chi connectivity index (χ2n) is 3.92. The van der Waals surface area contributed by atoms with Crippen LogP contribution in [0.3, 0.4) is 0 Å². The molecular weight excluding hydrogens is 182 g/mol. The summed E-state index contributed by atoms with van der Waals surface area (Å²) in [7, 11) is 0. The molecule has 0 saturated carbocycles. The fraction of sp³-hybridized carbons (Fsp3) is 0.700. The van der Waals surface area contributed by atoms with Gasteiger partial charge in [-0.05, 0) is 13.3 Å². The molecule has 0 unspecified atom stereocenters. The van der Waals surface area contributed by atoms with Crippen molar-refractivity contribution in [2.45, 2.75) is 39.5 Å². The normalized spacial score (nSPS) is 12.1. The Morgan fingerprint density at radius 3 is 2.46 bits per heavy atom. The predicted molar refractivity (Wildman–Crippen MR) is 56.3 cm³/mol. The van der Waals surface area contributed by atoms with E-state index in [0.29, 0.717) is 0 Å². The zero-order valence-corrected chi connectivity index (χ0v) is 9.53. The Morgan fingerprint density at radius 2 is 2.08 bits per heavy atom. The summed E-state index contributed by atoms with van der Waals surface area (Å²) in [6, 6.07) is 0. The first-order chi connectivity index (χ1) is 6.01. The largest absolute Gasteiger partial charge is 0.395 e. The fourth-order valence-corrected chi connectivity index (χ4v) is 2.21. The van der Waals surface area contributed by atoms with Gasteiger partial charge in [0.2, 0.25) is 0 Å². The Kier molecular flexibility index (Phi) is 3.09. The third kappa shape index (κ3) is 2.09. The molecule has 0 fully saturated rings. The van der Waals surface area contributed by atoms with Gasteiger partial charge in [-0.25, -0.2) is 4.98 Å². The number of aryl methyl sites for hydroxylation is 2. The van der Waals surface area contributed by atoms with Crippen molar-refractivity contribution in [3.8, 4) is 0 Å². The molecule has 1 N–H and O–H groups in total. The first-order valence-electron chi connectivity index (χ1n) is 4.59. The zero-order valence-electron chi connectivity index (χ0n) is 8.72. The highest BCUT2D eigenvalue weighted by Crippen LogP contribution is 2.29. The first kappa shape index (κ1) is 10.7. The molecule has 0 bridgehead atoms. The summed E-state index contributed by atoms with van der Waals surface area (Å²) in [6.07, 6.45) is 0.976. The van der Waals surface area contributed by atoms with Crippen molar-refractivity contribution in [3.05, 3.63) is 15.6 Å². The summed E-state index contributed by atoms with van der Waals surface area (Å²) in [5.74, 6) is 0. The van der Waals surface area contributed by atoms with Crippen LogP contribution in [0.15, 0.2) is 0 Å². The molecule has 0 amide bonds. The zero-order chi connectivity index (χ0) is 10.1. The van der Waals surface area contributed by atoms with Gasteiger partial charge in [-0.3, -0.25) is 0 Å². The lowest BCUT2D eigenvalue weighted by Gasteiger charge is -2.17. The molecule has 0 aliphatic heterocycles. The summed E-state index contributed by atoms with van der Waals surface area (Å²) in [4.78, 5) is 5.81. The second-order valence-corrected chi connectivity index (χ2v) is 5.12. The van der Waals surface area contributed by atoms with Gasteiger partial charge in [0.05, 0.1) is 12.3 Å². The Morgan fingerprint density at radius 1 is 1.46 bits per heavy atom. The minimum atomic E-state index is -0.192. The van der Waals surface area contributed by atoms with E-state index in [4.69, 9.17) is 0 Å². The number of nitrogens with zero attached hydrogens (tertiary/aromatic N) is 1. The molecule has 0 aromatic carbocycles. The molecule has 1 aromatic rings. The molecular formula is C10H17NOS.